The molecule has 8 heteroatoms. The van der Waals surface area contributed by atoms with Crippen LogP contribution in [0.4, 0.5) is 11.4 Å². The standard InChI is InChI=1S/C24H25N5O3/c1-16-9-10-19(23(28-16)18-8-6-7-12-27-18)29-22(25-2)11-13-26-17-14-20(30-3)24(32-5)21(15-17)31-4/h6-15,29H,2H2,1,3-5H3/b22-11+,26-13-. The van der Waals surface area contributed by atoms with Crippen molar-refractivity contribution in [2.45, 2.75) is 6.92 Å². The maximum atomic E-state index is 5.36. The number of rotatable bonds is 9. The van der Waals surface area contributed by atoms with Gasteiger partial charge in [0, 0.05) is 30.2 Å². The summed E-state index contributed by atoms with van der Waals surface area (Å²) in [7, 11) is 4.67. The number of aromatic nitrogens is 2. The summed E-state index contributed by atoms with van der Waals surface area (Å²) < 4.78 is 16.1. The molecule has 1 aromatic carbocycles. The van der Waals surface area contributed by atoms with Crippen molar-refractivity contribution in [1.82, 2.24) is 9.97 Å². The molecule has 0 aliphatic rings. The minimum Gasteiger partial charge on any atom is -0.493 e. The van der Waals surface area contributed by atoms with Crippen molar-refractivity contribution in [3.8, 4) is 28.6 Å². The van der Waals surface area contributed by atoms with Crippen LogP contribution < -0.4 is 19.5 Å². The minimum absolute atomic E-state index is 0.504. The van der Waals surface area contributed by atoms with Crippen molar-refractivity contribution in [2.75, 3.05) is 26.6 Å². The molecule has 3 aromatic rings. The topological polar surface area (TPSA) is 90.2 Å². The Kier molecular flexibility index (Phi) is 7.53. The molecule has 0 aliphatic carbocycles. The summed E-state index contributed by atoms with van der Waals surface area (Å²) in [5.74, 6) is 2.06. The summed E-state index contributed by atoms with van der Waals surface area (Å²) in [5, 5.41) is 3.24. The molecule has 0 saturated heterocycles. The summed E-state index contributed by atoms with van der Waals surface area (Å²) >= 11 is 0. The van der Waals surface area contributed by atoms with Crippen LogP contribution in [0.3, 0.4) is 0 Å². The largest absolute Gasteiger partial charge is 0.493 e. The van der Waals surface area contributed by atoms with Gasteiger partial charge >= 0.3 is 0 Å². The van der Waals surface area contributed by atoms with Crippen LogP contribution in [0.5, 0.6) is 17.2 Å². The summed E-state index contributed by atoms with van der Waals surface area (Å²) in [5.41, 5.74) is 3.76. The Hall–Kier alpha value is -4.20. The van der Waals surface area contributed by atoms with Gasteiger partial charge in [-0.15, -0.1) is 0 Å². The number of anilines is 1. The van der Waals surface area contributed by atoms with Crippen LogP contribution in [0, 0.1) is 6.92 Å². The molecule has 3 rings (SSSR count). The second kappa shape index (κ2) is 10.7. The molecule has 2 heterocycles. The second-order valence-electron chi connectivity index (χ2n) is 6.56. The van der Waals surface area contributed by atoms with Gasteiger partial charge in [-0.05, 0) is 44.0 Å². The predicted molar refractivity (Wildman–Crippen MR) is 128 cm³/mol. The van der Waals surface area contributed by atoms with Crippen molar-refractivity contribution in [2.24, 2.45) is 9.98 Å². The Morgan fingerprint density at radius 2 is 1.78 bits per heavy atom. The van der Waals surface area contributed by atoms with Crippen molar-refractivity contribution < 1.29 is 14.2 Å². The maximum absolute atomic E-state index is 5.36. The Morgan fingerprint density at radius 3 is 2.38 bits per heavy atom. The third-order valence-electron chi connectivity index (χ3n) is 4.48. The molecule has 164 valence electrons. The molecule has 0 fully saturated rings. The Morgan fingerprint density at radius 1 is 1.03 bits per heavy atom. The number of ether oxygens (including phenoxy) is 3. The molecular formula is C24H25N5O3. The van der Waals surface area contributed by atoms with Gasteiger partial charge in [-0.3, -0.25) is 9.98 Å². The van der Waals surface area contributed by atoms with E-state index in [1.54, 1.807) is 51.9 Å². The van der Waals surface area contributed by atoms with E-state index in [1.165, 1.54) is 0 Å². The van der Waals surface area contributed by atoms with Gasteiger partial charge in [0.05, 0.1) is 38.4 Å². The van der Waals surface area contributed by atoms with Crippen molar-refractivity contribution in [3.63, 3.8) is 0 Å². The molecule has 32 heavy (non-hydrogen) atoms. The first-order valence-electron chi connectivity index (χ1n) is 9.76. The van der Waals surface area contributed by atoms with E-state index < -0.39 is 0 Å². The highest BCUT2D eigenvalue weighted by Gasteiger charge is 2.13. The lowest BCUT2D eigenvalue weighted by atomic mass is 10.2. The number of methoxy groups -OCH3 is 3. The number of aryl methyl sites for hydroxylation is 1. The van der Waals surface area contributed by atoms with Crippen LogP contribution in [0.1, 0.15) is 5.69 Å². The fourth-order valence-electron chi connectivity index (χ4n) is 2.96. The van der Waals surface area contributed by atoms with Gasteiger partial charge < -0.3 is 19.5 Å². The van der Waals surface area contributed by atoms with E-state index in [9.17, 15) is 0 Å². The van der Waals surface area contributed by atoms with Crippen LogP contribution in [0.2, 0.25) is 0 Å². The molecule has 0 atom stereocenters. The van der Waals surface area contributed by atoms with Gasteiger partial charge in [-0.2, -0.15) is 0 Å². The van der Waals surface area contributed by atoms with Crippen LogP contribution in [0.15, 0.2) is 70.5 Å². The fraction of sp³-hybridized carbons (Fsp3) is 0.167. The van der Waals surface area contributed by atoms with Gasteiger partial charge in [0.15, 0.2) is 11.5 Å². The van der Waals surface area contributed by atoms with Crippen LogP contribution in [-0.2, 0) is 0 Å². The third kappa shape index (κ3) is 5.28. The Balaban J connectivity index is 1.87. The first kappa shape index (κ1) is 22.5. The van der Waals surface area contributed by atoms with E-state index in [1.807, 2.05) is 37.3 Å². The summed E-state index contributed by atoms with van der Waals surface area (Å²) in [6, 6.07) is 13.0. The average molecular weight is 431 g/mol. The maximum Gasteiger partial charge on any atom is 0.203 e. The average Bonchev–Trinajstić information content (AvgIpc) is 2.84. The highest BCUT2D eigenvalue weighted by molar-refractivity contribution is 5.79. The minimum atomic E-state index is 0.504. The first-order valence-corrected chi connectivity index (χ1v) is 9.76. The monoisotopic (exact) mass is 431 g/mol. The van der Waals surface area contributed by atoms with E-state index in [-0.39, 0.29) is 0 Å². The van der Waals surface area contributed by atoms with Crippen molar-refractivity contribution >= 4 is 24.3 Å². The molecule has 0 aliphatic heterocycles. The molecule has 1 N–H and O–H groups in total. The number of benzene rings is 1. The van der Waals surface area contributed by atoms with E-state index >= 15 is 0 Å². The number of hydrogen-bond acceptors (Lipinski definition) is 8. The number of pyridine rings is 2. The number of aliphatic imine (C=N–C) groups is 2. The first-order chi connectivity index (χ1) is 15.6. The van der Waals surface area contributed by atoms with Gasteiger partial charge in [-0.25, -0.2) is 9.98 Å². The van der Waals surface area contributed by atoms with E-state index in [0.717, 1.165) is 22.8 Å². The highest BCUT2D eigenvalue weighted by atomic mass is 16.5. The lowest BCUT2D eigenvalue weighted by Gasteiger charge is -2.12. The van der Waals surface area contributed by atoms with E-state index in [0.29, 0.717) is 28.8 Å². The molecule has 0 amide bonds. The quantitative estimate of drug-likeness (QED) is 0.488. The van der Waals surface area contributed by atoms with Gasteiger partial charge in [0.2, 0.25) is 5.75 Å². The molecular weight excluding hydrogens is 406 g/mol. The zero-order valence-electron chi connectivity index (χ0n) is 18.5. The van der Waals surface area contributed by atoms with Crippen LogP contribution >= 0.6 is 0 Å². The predicted octanol–water partition coefficient (Wildman–Crippen LogP) is 4.83. The third-order valence-corrected chi connectivity index (χ3v) is 4.48. The van der Waals surface area contributed by atoms with Crippen LogP contribution in [0.25, 0.3) is 11.4 Å². The molecule has 0 bridgehead atoms. The van der Waals surface area contributed by atoms with E-state index in [2.05, 4.69) is 32.0 Å². The number of hydrogen-bond donors (Lipinski definition) is 1. The van der Waals surface area contributed by atoms with Crippen LogP contribution in [-0.4, -0.2) is 44.2 Å². The smallest absolute Gasteiger partial charge is 0.203 e. The summed E-state index contributed by atoms with van der Waals surface area (Å²) in [6.45, 7) is 5.58. The number of nitrogens with zero attached hydrogens (tertiary/aromatic N) is 4. The zero-order valence-corrected chi connectivity index (χ0v) is 18.5. The highest BCUT2D eigenvalue weighted by Crippen LogP contribution is 2.40. The van der Waals surface area contributed by atoms with Gasteiger partial charge in [-0.1, -0.05) is 6.07 Å². The molecule has 0 unspecified atom stereocenters. The number of allylic oxidation sites excluding steroid dienone is 1. The molecule has 0 spiro atoms. The zero-order chi connectivity index (χ0) is 22.9. The second-order valence-corrected chi connectivity index (χ2v) is 6.56. The van der Waals surface area contributed by atoms with Gasteiger partial charge in [0.25, 0.3) is 0 Å². The van der Waals surface area contributed by atoms with Gasteiger partial charge in [0.1, 0.15) is 11.5 Å². The fourth-order valence-corrected chi connectivity index (χ4v) is 2.96. The molecule has 0 radical (unpaired) electrons. The Labute approximate surface area is 187 Å². The lowest BCUT2D eigenvalue weighted by molar-refractivity contribution is 0.324. The molecule has 0 saturated carbocycles. The lowest BCUT2D eigenvalue weighted by Crippen LogP contribution is -2.02. The van der Waals surface area contributed by atoms with E-state index in [4.69, 9.17) is 14.2 Å². The van der Waals surface area contributed by atoms with Crippen molar-refractivity contribution in [3.05, 3.63) is 66.3 Å². The Bertz CT molecular complexity index is 1120. The molecule has 2 aromatic heterocycles. The van der Waals surface area contributed by atoms with Crippen molar-refractivity contribution in [1.29, 1.82) is 0 Å². The summed E-state index contributed by atoms with van der Waals surface area (Å²) in [4.78, 5) is 17.5. The molecule has 8 nitrogen and oxygen atoms in total. The summed E-state index contributed by atoms with van der Waals surface area (Å²) in [6.07, 6.45) is 5.05. The SMILES string of the molecule is C=N/C(=C\C=N/c1cc(OC)c(OC)c(OC)c1)Nc1ccc(C)nc1-c1ccccn1. The number of nitrogens with one attached hydrogen (secondary N) is 1. The normalized spacial score (nSPS) is 11.3.